The van der Waals surface area contributed by atoms with Crippen LogP contribution in [0.1, 0.15) is 20.3 Å². The van der Waals surface area contributed by atoms with Gasteiger partial charge in [0.25, 0.3) is 0 Å². The molecule has 2 heteroatoms. The predicted octanol–water partition coefficient (Wildman–Crippen LogP) is 1.75. The molecule has 12 heavy (non-hydrogen) atoms. The molecule has 70 valence electrons. The molecule has 0 radical (unpaired) electrons. The number of allylic oxidation sites excluding steroid dienone is 2. The van der Waals surface area contributed by atoms with Crippen LogP contribution in [0.2, 0.25) is 0 Å². The Kier molecular flexibility index (Phi) is 5.47. The Morgan fingerprint density at radius 3 is 2.50 bits per heavy atom. The van der Waals surface area contributed by atoms with Crippen molar-refractivity contribution in [1.29, 1.82) is 0 Å². The highest BCUT2D eigenvalue weighted by molar-refractivity contribution is 5.20. The lowest BCUT2D eigenvalue weighted by molar-refractivity contribution is 0.358. The summed E-state index contributed by atoms with van der Waals surface area (Å²) in [5.74, 6) is 0. The average molecular weight is 168 g/mol. The van der Waals surface area contributed by atoms with E-state index in [1.165, 1.54) is 0 Å². The Bertz CT molecular complexity index is 167. The summed E-state index contributed by atoms with van der Waals surface area (Å²) < 4.78 is 0. The van der Waals surface area contributed by atoms with E-state index in [4.69, 9.17) is 5.73 Å². The highest BCUT2D eigenvalue weighted by Gasteiger charge is 1.98. The van der Waals surface area contributed by atoms with Crippen molar-refractivity contribution in [2.45, 2.75) is 20.3 Å². The van der Waals surface area contributed by atoms with Crippen LogP contribution in [-0.4, -0.2) is 25.0 Å². The fourth-order valence-electron chi connectivity index (χ4n) is 0.930. The smallest absolute Gasteiger partial charge is 0.00816 e. The van der Waals surface area contributed by atoms with Crippen LogP contribution < -0.4 is 5.73 Å². The first kappa shape index (κ1) is 11.2. The third kappa shape index (κ3) is 4.19. The summed E-state index contributed by atoms with van der Waals surface area (Å²) in [6.45, 7) is 9.92. The molecule has 0 aromatic heterocycles. The maximum atomic E-state index is 5.66. The molecule has 0 aliphatic rings. The third-order valence-electron chi connectivity index (χ3n) is 2.06. The molecule has 0 aliphatic carbocycles. The summed E-state index contributed by atoms with van der Waals surface area (Å²) in [6, 6.07) is 0. The summed E-state index contributed by atoms with van der Waals surface area (Å²) in [6.07, 6.45) is 2.84. The molecule has 0 aliphatic heterocycles. The Morgan fingerprint density at radius 1 is 1.58 bits per heavy atom. The fraction of sp³-hybridized carbons (Fsp3) is 0.600. The van der Waals surface area contributed by atoms with Gasteiger partial charge >= 0.3 is 0 Å². The number of nitrogens with zero attached hydrogens (tertiary/aromatic N) is 1. The highest BCUT2D eigenvalue weighted by Crippen LogP contribution is 2.06. The average Bonchev–Trinajstić information content (AvgIpc) is 2.04. The number of rotatable bonds is 5. The molecule has 0 saturated heterocycles. The molecule has 2 N–H and O–H groups in total. The molecule has 0 unspecified atom stereocenters. The van der Waals surface area contributed by atoms with Crippen LogP contribution in [0.4, 0.5) is 0 Å². The summed E-state index contributed by atoms with van der Waals surface area (Å²) in [4.78, 5) is 2.26. The van der Waals surface area contributed by atoms with Gasteiger partial charge in [-0.15, -0.1) is 0 Å². The quantitative estimate of drug-likeness (QED) is 0.634. The Labute approximate surface area is 75.7 Å². The molecule has 0 aromatic carbocycles. The SMILES string of the molecule is C=C/C(CCN(C)CC)=C(/C)N. The molecule has 0 amide bonds. The highest BCUT2D eigenvalue weighted by atomic mass is 15.1. The van der Waals surface area contributed by atoms with Gasteiger partial charge in [-0.2, -0.15) is 0 Å². The zero-order chi connectivity index (χ0) is 9.56. The van der Waals surface area contributed by atoms with E-state index < -0.39 is 0 Å². The molecule has 0 bridgehead atoms. The zero-order valence-corrected chi connectivity index (χ0v) is 8.43. The second-order valence-electron chi connectivity index (χ2n) is 3.06. The van der Waals surface area contributed by atoms with Crippen molar-refractivity contribution in [2.24, 2.45) is 5.73 Å². The van der Waals surface area contributed by atoms with Gasteiger partial charge in [0, 0.05) is 12.2 Å². The van der Waals surface area contributed by atoms with Gasteiger partial charge in [-0.1, -0.05) is 19.6 Å². The van der Waals surface area contributed by atoms with Gasteiger partial charge in [0.05, 0.1) is 0 Å². The fourth-order valence-corrected chi connectivity index (χ4v) is 0.930. The summed E-state index contributed by atoms with van der Waals surface area (Å²) in [7, 11) is 2.10. The first-order valence-corrected chi connectivity index (χ1v) is 4.38. The Balaban J connectivity index is 3.90. The molecule has 0 saturated carbocycles. The summed E-state index contributed by atoms with van der Waals surface area (Å²) in [5, 5.41) is 0. The van der Waals surface area contributed by atoms with E-state index in [-0.39, 0.29) is 0 Å². The van der Waals surface area contributed by atoms with Gasteiger partial charge in [0.15, 0.2) is 0 Å². The van der Waals surface area contributed by atoms with E-state index in [0.29, 0.717) is 0 Å². The molecule has 0 spiro atoms. The van der Waals surface area contributed by atoms with Crippen molar-refractivity contribution in [3.63, 3.8) is 0 Å². The van der Waals surface area contributed by atoms with E-state index in [9.17, 15) is 0 Å². The Hall–Kier alpha value is -0.760. The van der Waals surface area contributed by atoms with E-state index >= 15 is 0 Å². The molecular weight excluding hydrogens is 148 g/mol. The first-order chi connectivity index (χ1) is 5.61. The minimum absolute atomic E-state index is 0.884. The van der Waals surface area contributed by atoms with Crippen molar-refractivity contribution in [3.8, 4) is 0 Å². The van der Waals surface area contributed by atoms with Gasteiger partial charge < -0.3 is 10.6 Å². The molecule has 2 nitrogen and oxygen atoms in total. The van der Waals surface area contributed by atoms with Crippen LogP contribution >= 0.6 is 0 Å². The van der Waals surface area contributed by atoms with E-state index in [1.54, 1.807) is 0 Å². The van der Waals surface area contributed by atoms with Crippen LogP contribution in [0.25, 0.3) is 0 Å². The summed E-state index contributed by atoms with van der Waals surface area (Å²) >= 11 is 0. The van der Waals surface area contributed by atoms with Gasteiger partial charge in [0.2, 0.25) is 0 Å². The zero-order valence-electron chi connectivity index (χ0n) is 8.43. The molecular formula is C10H20N2. The minimum Gasteiger partial charge on any atom is -0.402 e. The molecule has 0 atom stereocenters. The van der Waals surface area contributed by atoms with E-state index in [1.807, 2.05) is 13.0 Å². The monoisotopic (exact) mass is 168 g/mol. The lowest BCUT2D eigenvalue weighted by Crippen LogP contribution is -2.19. The third-order valence-corrected chi connectivity index (χ3v) is 2.06. The second kappa shape index (κ2) is 5.84. The van der Waals surface area contributed by atoms with Crippen molar-refractivity contribution in [1.82, 2.24) is 4.90 Å². The number of hydrogen-bond donors (Lipinski definition) is 1. The van der Waals surface area contributed by atoms with Crippen LogP contribution in [-0.2, 0) is 0 Å². The van der Waals surface area contributed by atoms with Gasteiger partial charge in [-0.05, 0) is 32.5 Å². The molecule has 0 fully saturated rings. The van der Waals surface area contributed by atoms with E-state index in [2.05, 4.69) is 25.5 Å². The molecule has 0 heterocycles. The number of nitrogens with two attached hydrogens (primary N) is 1. The van der Waals surface area contributed by atoms with E-state index in [0.717, 1.165) is 30.8 Å². The van der Waals surface area contributed by atoms with Gasteiger partial charge in [0.1, 0.15) is 0 Å². The maximum absolute atomic E-state index is 5.66. The molecule has 0 rings (SSSR count). The Morgan fingerprint density at radius 2 is 2.17 bits per heavy atom. The first-order valence-electron chi connectivity index (χ1n) is 4.38. The van der Waals surface area contributed by atoms with Crippen molar-refractivity contribution < 1.29 is 0 Å². The normalized spacial score (nSPS) is 13.0. The van der Waals surface area contributed by atoms with Crippen LogP contribution in [0.3, 0.4) is 0 Å². The van der Waals surface area contributed by atoms with Crippen molar-refractivity contribution in [2.75, 3.05) is 20.1 Å². The maximum Gasteiger partial charge on any atom is 0.00816 e. The van der Waals surface area contributed by atoms with Crippen LogP contribution in [0, 0.1) is 0 Å². The number of hydrogen-bond acceptors (Lipinski definition) is 2. The van der Waals surface area contributed by atoms with Crippen molar-refractivity contribution in [3.05, 3.63) is 23.9 Å². The lowest BCUT2D eigenvalue weighted by Gasteiger charge is -2.14. The predicted molar refractivity (Wildman–Crippen MR) is 54.9 cm³/mol. The topological polar surface area (TPSA) is 29.3 Å². The van der Waals surface area contributed by atoms with Crippen LogP contribution in [0.15, 0.2) is 23.9 Å². The van der Waals surface area contributed by atoms with Gasteiger partial charge in [-0.25, -0.2) is 0 Å². The molecule has 0 aromatic rings. The van der Waals surface area contributed by atoms with Crippen molar-refractivity contribution >= 4 is 0 Å². The van der Waals surface area contributed by atoms with Crippen LogP contribution in [0.5, 0.6) is 0 Å². The largest absolute Gasteiger partial charge is 0.402 e. The second-order valence-corrected chi connectivity index (χ2v) is 3.06. The lowest BCUT2D eigenvalue weighted by atomic mass is 10.1. The minimum atomic E-state index is 0.884. The standard InChI is InChI=1S/C10H20N2/c1-5-10(9(3)11)7-8-12(4)6-2/h5H,1,6-8,11H2,2-4H3/b10-9+. The van der Waals surface area contributed by atoms with Gasteiger partial charge in [-0.3, -0.25) is 0 Å². The summed E-state index contributed by atoms with van der Waals surface area (Å²) in [5.41, 5.74) is 7.71.